The summed E-state index contributed by atoms with van der Waals surface area (Å²) in [5.41, 5.74) is 0.518. The molecule has 100 valence electrons. The van der Waals surface area contributed by atoms with Crippen molar-refractivity contribution in [2.75, 3.05) is 6.26 Å². The van der Waals surface area contributed by atoms with E-state index >= 15 is 0 Å². The molecule has 0 aliphatic heterocycles. The Hall–Kier alpha value is -1.76. The van der Waals surface area contributed by atoms with Crippen molar-refractivity contribution in [3.63, 3.8) is 0 Å². The van der Waals surface area contributed by atoms with Gasteiger partial charge in [-0.25, -0.2) is 4.98 Å². The van der Waals surface area contributed by atoms with Crippen LogP contribution in [0, 0.1) is 0 Å². The molecule has 0 spiro atoms. The molecule has 1 aromatic carbocycles. The van der Waals surface area contributed by atoms with Crippen LogP contribution in [0.2, 0.25) is 0 Å². The Morgan fingerprint density at radius 1 is 1.20 bits per heavy atom. The van der Waals surface area contributed by atoms with Crippen molar-refractivity contribution >= 4 is 32.6 Å². The largest absolute Gasteiger partial charge is 0.610 e. The Morgan fingerprint density at radius 2 is 2.00 bits per heavy atom. The highest BCUT2D eigenvalue weighted by Crippen LogP contribution is 2.25. The summed E-state index contributed by atoms with van der Waals surface area (Å²) >= 11 is 0.331. The van der Waals surface area contributed by atoms with Gasteiger partial charge in [-0.2, -0.15) is 4.98 Å². The molecule has 1 atom stereocenters. The number of rotatable bonds is 2. The summed E-state index contributed by atoms with van der Waals surface area (Å²) < 4.78 is 12.2. The molecule has 0 aliphatic rings. The molecule has 2 heterocycles. The van der Waals surface area contributed by atoms with Crippen molar-refractivity contribution in [1.29, 1.82) is 0 Å². The molecule has 0 fully saturated rings. The van der Waals surface area contributed by atoms with E-state index in [1.54, 1.807) is 30.7 Å². The second kappa shape index (κ2) is 5.32. The summed E-state index contributed by atoms with van der Waals surface area (Å²) in [5, 5.41) is 1.76. The minimum absolute atomic E-state index is 0.238. The van der Waals surface area contributed by atoms with Gasteiger partial charge >= 0.3 is 0 Å². The van der Waals surface area contributed by atoms with E-state index in [0.717, 1.165) is 10.3 Å². The predicted molar refractivity (Wildman–Crippen MR) is 81.5 cm³/mol. The minimum Gasteiger partial charge on any atom is -0.610 e. The van der Waals surface area contributed by atoms with Gasteiger partial charge in [-0.15, -0.1) is 11.3 Å². The van der Waals surface area contributed by atoms with Gasteiger partial charge in [0.2, 0.25) is 5.03 Å². The van der Waals surface area contributed by atoms with Gasteiger partial charge in [0.1, 0.15) is 11.3 Å². The second-order valence-electron chi connectivity index (χ2n) is 4.16. The molecule has 0 radical (unpaired) electrons. The van der Waals surface area contributed by atoms with Gasteiger partial charge in [0.25, 0.3) is 5.56 Å². The van der Waals surface area contributed by atoms with Crippen LogP contribution in [0.15, 0.2) is 52.4 Å². The molecule has 0 saturated carbocycles. The summed E-state index contributed by atoms with van der Waals surface area (Å²) in [4.78, 5) is 20.2. The number of hydrogen-bond acceptors (Lipinski definition) is 5. The van der Waals surface area contributed by atoms with Crippen LogP contribution in [0.1, 0.15) is 0 Å². The van der Waals surface area contributed by atoms with Crippen LogP contribution in [-0.2, 0) is 11.2 Å². The van der Waals surface area contributed by atoms with Gasteiger partial charge in [0, 0.05) is 33.7 Å². The molecular formula is C14H10N2O2S2. The molecule has 1 unspecified atom stereocenters. The van der Waals surface area contributed by atoms with Gasteiger partial charge in [0.05, 0.1) is 5.39 Å². The van der Waals surface area contributed by atoms with E-state index < -0.39 is 11.2 Å². The van der Waals surface area contributed by atoms with Gasteiger partial charge < -0.3 is 4.55 Å². The van der Waals surface area contributed by atoms with Gasteiger partial charge in [-0.3, -0.25) is 4.79 Å². The fourth-order valence-corrected chi connectivity index (χ4v) is 3.26. The second-order valence-corrected chi connectivity index (χ2v) is 6.52. The van der Waals surface area contributed by atoms with Crippen LogP contribution in [0.4, 0.5) is 0 Å². The fourth-order valence-electron chi connectivity index (χ4n) is 1.81. The van der Waals surface area contributed by atoms with Crippen molar-refractivity contribution in [3.8, 4) is 10.6 Å². The third-order valence-electron chi connectivity index (χ3n) is 2.81. The summed E-state index contributed by atoms with van der Waals surface area (Å²) in [7, 11) is 0. The van der Waals surface area contributed by atoms with Gasteiger partial charge in [-0.1, -0.05) is 12.1 Å². The summed E-state index contributed by atoms with van der Waals surface area (Å²) in [5.74, 6) is 0. The Morgan fingerprint density at radius 3 is 2.70 bits per heavy atom. The molecule has 4 nitrogen and oxygen atoms in total. The monoisotopic (exact) mass is 302 g/mol. The highest BCUT2D eigenvalue weighted by atomic mass is 32.2. The number of nitrogens with zero attached hydrogens (tertiary/aromatic N) is 2. The fraction of sp³-hybridized carbons (Fsp3) is 0.0714. The lowest BCUT2D eigenvalue weighted by molar-refractivity contribution is 0.597. The molecular weight excluding hydrogens is 292 g/mol. The first kappa shape index (κ1) is 13.2. The van der Waals surface area contributed by atoms with E-state index in [1.165, 1.54) is 11.3 Å². The normalized spacial score (nSPS) is 12.5. The maximum Gasteiger partial charge on any atom is 0.279 e. The summed E-state index contributed by atoms with van der Waals surface area (Å²) in [6.07, 6.45) is 3.18. The lowest BCUT2D eigenvalue weighted by Gasteiger charge is -2.04. The lowest BCUT2D eigenvalue weighted by atomic mass is 10.3. The lowest BCUT2D eigenvalue weighted by Crippen LogP contribution is -2.06. The highest BCUT2D eigenvalue weighted by Gasteiger charge is 2.09. The minimum atomic E-state index is -1.11. The van der Waals surface area contributed by atoms with Crippen LogP contribution >= 0.6 is 11.3 Å². The number of pyridine rings is 1. The molecule has 0 N–H and O–H groups in total. The van der Waals surface area contributed by atoms with Crippen molar-refractivity contribution in [3.05, 3.63) is 52.9 Å². The SMILES string of the molecule is C[S+]([O-])c1ccc(-c2nc(=O)c3ccccc3s2)cn1. The van der Waals surface area contributed by atoms with Crippen LogP contribution in [0.25, 0.3) is 20.7 Å². The summed E-state index contributed by atoms with van der Waals surface area (Å²) in [6.45, 7) is 0. The van der Waals surface area contributed by atoms with Crippen LogP contribution in [-0.4, -0.2) is 20.8 Å². The third kappa shape index (κ3) is 2.45. The molecule has 6 heteroatoms. The molecule has 20 heavy (non-hydrogen) atoms. The van der Waals surface area contributed by atoms with E-state index in [9.17, 15) is 9.35 Å². The molecule has 0 bridgehead atoms. The molecule has 2 aromatic heterocycles. The van der Waals surface area contributed by atoms with Crippen LogP contribution in [0.5, 0.6) is 0 Å². The Bertz CT molecular complexity index is 813. The Kier molecular flexibility index (Phi) is 3.52. The molecule has 3 rings (SSSR count). The zero-order valence-electron chi connectivity index (χ0n) is 10.6. The summed E-state index contributed by atoms with van der Waals surface area (Å²) in [6, 6.07) is 10.9. The topological polar surface area (TPSA) is 65.9 Å². The van der Waals surface area contributed by atoms with E-state index in [1.807, 2.05) is 18.2 Å². The van der Waals surface area contributed by atoms with Gasteiger partial charge in [-0.05, 0) is 18.2 Å². The first-order chi connectivity index (χ1) is 9.65. The Balaban J connectivity index is 2.12. The van der Waals surface area contributed by atoms with Gasteiger partial charge in [0.15, 0.2) is 0 Å². The first-order valence-electron chi connectivity index (χ1n) is 5.85. The first-order valence-corrected chi connectivity index (χ1v) is 8.22. The quantitative estimate of drug-likeness (QED) is 0.682. The van der Waals surface area contributed by atoms with Crippen molar-refractivity contribution < 1.29 is 4.55 Å². The van der Waals surface area contributed by atoms with Crippen molar-refractivity contribution in [2.24, 2.45) is 0 Å². The van der Waals surface area contributed by atoms with E-state index in [4.69, 9.17) is 0 Å². The average Bonchev–Trinajstić information content (AvgIpc) is 2.47. The molecule has 0 amide bonds. The zero-order valence-corrected chi connectivity index (χ0v) is 12.2. The molecule has 3 aromatic rings. The number of benzene rings is 1. The molecule has 0 saturated heterocycles. The molecule has 0 aliphatic carbocycles. The maximum atomic E-state index is 12.0. The van der Waals surface area contributed by atoms with Crippen molar-refractivity contribution in [2.45, 2.75) is 5.03 Å². The number of aromatic nitrogens is 2. The van der Waals surface area contributed by atoms with E-state index in [-0.39, 0.29) is 5.56 Å². The van der Waals surface area contributed by atoms with E-state index in [2.05, 4.69) is 9.97 Å². The zero-order chi connectivity index (χ0) is 14.1. The smallest absolute Gasteiger partial charge is 0.279 e. The van der Waals surface area contributed by atoms with Crippen molar-refractivity contribution in [1.82, 2.24) is 9.97 Å². The third-order valence-corrected chi connectivity index (χ3v) is 4.73. The highest BCUT2D eigenvalue weighted by molar-refractivity contribution is 7.90. The van der Waals surface area contributed by atoms with Crippen LogP contribution < -0.4 is 5.56 Å². The average molecular weight is 302 g/mol. The number of fused-ring (bicyclic) bond motifs is 1. The standard InChI is InChI=1S/C14H10N2O2S2/c1-20(18)12-7-6-9(8-15-12)14-16-13(17)10-4-2-3-5-11(10)19-14/h2-8H,1H3. The van der Waals surface area contributed by atoms with Crippen LogP contribution in [0.3, 0.4) is 0 Å². The Labute approximate surface area is 122 Å². The maximum absolute atomic E-state index is 12.0. The number of hydrogen-bond donors (Lipinski definition) is 0. The predicted octanol–water partition coefficient (Wildman–Crippen LogP) is 2.46. The van der Waals surface area contributed by atoms with E-state index in [0.29, 0.717) is 15.4 Å².